The maximum absolute atomic E-state index is 13.5. The van der Waals surface area contributed by atoms with Crippen molar-refractivity contribution in [2.45, 2.75) is 97.8 Å². The molecule has 9 nitrogen and oxygen atoms in total. The van der Waals surface area contributed by atoms with Crippen molar-refractivity contribution in [2.75, 3.05) is 6.54 Å². The summed E-state index contributed by atoms with van der Waals surface area (Å²) in [7, 11) is 0. The van der Waals surface area contributed by atoms with E-state index in [0.29, 0.717) is 31.1 Å². The standard InChI is InChI=1S/C33H49N5O4/c1-21(2)19-24-10-14-26(15-11-24)22(3)30(40)38-29(20-25-12-16-27(17-13-25)42-33(5,6)7)31(41)37-28(23(4)39)9-8-18-36-32(34)35/h10-17,21-22,28-29H,8-9,18-20H2,1-7H3,(H,37,41)(H,38,40)(H4,34,35,36). The Balaban J connectivity index is 2.21. The van der Waals surface area contributed by atoms with Crippen molar-refractivity contribution in [1.29, 1.82) is 5.41 Å². The number of carbonyl (C=O) groups is 3. The number of carbonyl (C=O) groups excluding carboxylic acids is 3. The van der Waals surface area contributed by atoms with E-state index < -0.39 is 23.9 Å². The van der Waals surface area contributed by atoms with Crippen molar-refractivity contribution < 1.29 is 19.1 Å². The quantitative estimate of drug-likeness (QED) is 0.121. The van der Waals surface area contributed by atoms with Crippen molar-refractivity contribution in [2.24, 2.45) is 11.7 Å². The summed E-state index contributed by atoms with van der Waals surface area (Å²) in [5, 5.41) is 15.8. The van der Waals surface area contributed by atoms with E-state index in [0.717, 1.165) is 17.5 Å². The van der Waals surface area contributed by atoms with Gasteiger partial charge >= 0.3 is 0 Å². The van der Waals surface area contributed by atoms with Gasteiger partial charge in [-0.2, -0.15) is 0 Å². The highest BCUT2D eigenvalue weighted by Gasteiger charge is 2.27. The molecule has 0 aliphatic rings. The first-order valence-corrected chi connectivity index (χ1v) is 14.7. The van der Waals surface area contributed by atoms with E-state index in [1.807, 2.05) is 76.2 Å². The Bertz CT molecular complexity index is 1190. The van der Waals surface area contributed by atoms with Crippen LogP contribution in [0.25, 0.3) is 0 Å². The highest BCUT2D eigenvalue weighted by molar-refractivity contribution is 5.93. The lowest BCUT2D eigenvalue weighted by molar-refractivity contribution is -0.131. The molecule has 0 aliphatic heterocycles. The van der Waals surface area contributed by atoms with Crippen LogP contribution < -0.4 is 26.4 Å². The molecule has 9 heteroatoms. The molecule has 2 aromatic rings. The summed E-state index contributed by atoms with van der Waals surface area (Å²) in [5.41, 5.74) is 7.90. The number of nitrogens with one attached hydrogen (secondary N) is 4. The molecule has 2 rings (SSSR count). The van der Waals surface area contributed by atoms with Crippen LogP contribution in [0.15, 0.2) is 48.5 Å². The minimum atomic E-state index is -0.897. The lowest BCUT2D eigenvalue weighted by Gasteiger charge is -2.24. The molecule has 2 aromatic carbocycles. The van der Waals surface area contributed by atoms with Crippen LogP contribution in [-0.2, 0) is 27.2 Å². The van der Waals surface area contributed by atoms with E-state index >= 15 is 0 Å². The molecule has 42 heavy (non-hydrogen) atoms. The van der Waals surface area contributed by atoms with E-state index in [1.165, 1.54) is 12.5 Å². The Labute approximate surface area is 250 Å². The predicted molar refractivity (Wildman–Crippen MR) is 168 cm³/mol. The summed E-state index contributed by atoms with van der Waals surface area (Å²) in [4.78, 5) is 39.3. The lowest BCUT2D eigenvalue weighted by Crippen LogP contribution is -2.53. The van der Waals surface area contributed by atoms with Crippen LogP contribution in [0.3, 0.4) is 0 Å². The average Bonchev–Trinajstić information content (AvgIpc) is 2.89. The minimum Gasteiger partial charge on any atom is -0.488 e. The van der Waals surface area contributed by atoms with Gasteiger partial charge in [0.15, 0.2) is 11.7 Å². The summed E-state index contributed by atoms with van der Waals surface area (Å²) in [5.74, 6) is -0.270. The Morgan fingerprint density at radius 1 is 0.857 bits per heavy atom. The molecule has 0 saturated carbocycles. The van der Waals surface area contributed by atoms with Crippen molar-refractivity contribution >= 4 is 23.6 Å². The normalized spacial score (nSPS) is 13.5. The number of amides is 2. The number of ketones is 1. The Hall–Kier alpha value is -3.88. The number of rotatable bonds is 15. The lowest BCUT2D eigenvalue weighted by atomic mass is 9.95. The van der Waals surface area contributed by atoms with E-state index in [4.69, 9.17) is 15.9 Å². The van der Waals surface area contributed by atoms with E-state index in [-0.39, 0.29) is 29.7 Å². The van der Waals surface area contributed by atoms with Gasteiger partial charge in [0, 0.05) is 13.0 Å². The topological polar surface area (TPSA) is 146 Å². The van der Waals surface area contributed by atoms with Crippen LogP contribution in [0, 0.1) is 11.3 Å². The maximum Gasteiger partial charge on any atom is 0.243 e. The smallest absolute Gasteiger partial charge is 0.243 e. The SMILES string of the molecule is CC(=O)C(CCCNC(=N)N)NC(=O)C(Cc1ccc(OC(C)(C)C)cc1)NC(=O)C(C)c1ccc(CC(C)C)cc1. The van der Waals surface area contributed by atoms with Gasteiger partial charge in [0.1, 0.15) is 17.4 Å². The molecule has 0 heterocycles. The molecule has 0 radical (unpaired) electrons. The highest BCUT2D eigenvalue weighted by Crippen LogP contribution is 2.21. The van der Waals surface area contributed by atoms with Crippen molar-refractivity contribution in [3.05, 3.63) is 65.2 Å². The summed E-state index contributed by atoms with van der Waals surface area (Å²) in [6.07, 6.45) is 2.11. The van der Waals surface area contributed by atoms with Crippen LogP contribution in [-0.4, -0.2) is 47.8 Å². The van der Waals surface area contributed by atoms with Gasteiger partial charge in [0.25, 0.3) is 0 Å². The zero-order valence-electron chi connectivity index (χ0n) is 26.2. The number of hydrogen-bond acceptors (Lipinski definition) is 5. The van der Waals surface area contributed by atoms with Gasteiger partial charge < -0.3 is 26.4 Å². The predicted octanol–water partition coefficient (Wildman–Crippen LogP) is 4.23. The fourth-order valence-electron chi connectivity index (χ4n) is 4.53. The third-order valence-electron chi connectivity index (χ3n) is 6.73. The van der Waals surface area contributed by atoms with Gasteiger partial charge in [0.2, 0.25) is 11.8 Å². The highest BCUT2D eigenvalue weighted by atomic mass is 16.5. The molecular formula is C33H49N5O4. The third kappa shape index (κ3) is 12.3. The van der Waals surface area contributed by atoms with Gasteiger partial charge in [0.05, 0.1) is 12.0 Å². The van der Waals surface area contributed by atoms with Gasteiger partial charge in [-0.05, 0) is 88.6 Å². The van der Waals surface area contributed by atoms with Crippen molar-refractivity contribution in [1.82, 2.24) is 16.0 Å². The van der Waals surface area contributed by atoms with Gasteiger partial charge in [-0.3, -0.25) is 19.8 Å². The second kappa shape index (κ2) is 15.9. The minimum absolute atomic E-state index is 0.149. The molecule has 230 valence electrons. The molecule has 0 aliphatic carbocycles. The van der Waals surface area contributed by atoms with Crippen molar-refractivity contribution in [3.8, 4) is 5.75 Å². The second-order valence-corrected chi connectivity index (χ2v) is 12.3. The Morgan fingerprint density at radius 3 is 1.93 bits per heavy atom. The fourth-order valence-corrected chi connectivity index (χ4v) is 4.53. The van der Waals surface area contributed by atoms with Crippen LogP contribution in [0.5, 0.6) is 5.75 Å². The molecule has 3 unspecified atom stereocenters. The molecule has 0 bridgehead atoms. The van der Waals surface area contributed by atoms with Gasteiger partial charge in [-0.1, -0.05) is 50.2 Å². The second-order valence-electron chi connectivity index (χ2n) is 12.3. The zero-order valence-corrected chi connectivity index (χ0v) is 26.2. The summed E-state index contributed by atoms with van der Waals surface area (Å²) >= 11 is 0. The first-order valence-electron chi connectivity index (χ1n) is 14.7. The molecule has 0 saturated heterocycles. The zero-order chi connectivity index (χ0) is 31.4. The number of guanidine groups is 1. The van der Waals surface area contributed by atoms with Crippen molar-refractivity contribution in [3.63, 3.8) is 0 Å². The first kappa shape index (κ1) is 34.3. The Morgan fingerprint density at radius 2 is 1.40 bits per heavy atom. The molecule has 0 spiro atoms. The van der Waals surface area contributed by atoms with Crippen LogP contribution in [0.4, 0.5) is 0 Å². The molecule has 2 amide bonds. The first-order chi connectivity index (χ1) is 19.6. The van der Waals surface area contributed by atoms with Gasteiger partial charge in [-0.25, -0.2) is 0 Å². The van der Waals surface area contributed by atoms with Crippen LogP contribution >= 0.6 is 0 Å². The number of hydrogen-bond donors (Lipinski definition) is 5. The molecule has 0 fully saturated rings. The molecular weight excluding hydrogens is 530 g/mol. The average molecular weight is 580 g/mol. The molecule has 6 N–H and O–H groups in total. The fraction of sp³-hybridized carbons (Fsp3) is 0.515. The number of nitrogens with two attached hydrogens (primary N) is 1. The van der Waals surface area contributed by atoms with Gasteiger partial charge in [-0.15, -0.1) is 0 Å². The molecule has 0 aromatic heterocycles. The largest absolute Gasteiger partial charge is 0.488 e. The summed E-state index contributed by atoms with van der Waals surface area (Å²) in [6.45, 7) is 13.9. The van der Waals surface area contributed by atoms with E-state index in [9.17, 15) is 14.4 Å². The molecule has 3 atom stereocenters. The number of Topliss-reactive ketones (excluding diaryl/α,β-unsaturated/α-hetero) is 1. The number of benzene rings is 2. The van der Waals surface area contributed by atoms with E-state index in [1.54, 1.807) is 0 Å². The number of ether oxygens (including phenoxy) is 1. The third-order valence-corrected chi connectivity index (χ3v) is 6.73. The van der Waals surface area contributed by atoms with E-state index in [2.05, 4.69) is 29.8 Å². The van der Waals surface area contributed by atoms with Crippen LogP contribution in [0.2, 0.25) is 0 Å². The summed E-state index contributed by atoms with van der Waals surface area (Å²) < 4.78 is 5.91. The maximum atomic E-state index is 13.5. The monoisotopic (exact) mass is 579 g/mol. The summed E-state index contributed by atoms with van der Waals surface area (Å²) in [6, 6.07) is 13.8. The van der Waals surface area contributed by atoms with Crippen LogP contribution in [0.1, 0.15) is 83.9 Å². The Kier molecular flexibility index (Phi) is 13.0.